The molecule has 0 saturated carbocycles. The van der Waals surface area contributed by atoms with Crippen LogP contribution in [0.5, 0.6) is 0 Å². The molecule has 0 fully saturated rings. The molecule has 7 heteroatoms. The molecule has 0 spiro atoms. The van der Waals surface area contributed by atoms with Gasteiger partial charge >= 0.3 is 11.9 Å². The van der Waals surface area contributed by atoms with Crippen LogP contribution in [-0.2, 0) is 9.53 Å². The summed E-state index contributed by atoms with van der Waals surface area (Å²) >= 11 is 1.43. The van der Waals surface area contributed by atoms with E-state index in [0.29, 0.717) is 4.90 Å². The number of nitrogens with two attached hydrogens (primary N) is 1. The van der Waals surface area contributed by atoms with E-state index in [4.69, 9.17) is 5.73 Å². The van der Waals surface area contributed by atoms with Crippen LogP contribution in [0.3, 0.4) is 0 Å². The third-order valence-electron chi connectivity index (χ3n) is 2.61. The van der Waals surface area contributed by atoms with Crippen molar-refractivity contribution in [2.75, 3.05) is 6.61 Å². The zero-order valence-corrected chi connectivity index (χ0v) is 14.7. The molecule has 22 heavy (non-hydrogen) atoms. The molecule has 3 nitrogen and oxygen atoms in total. The second-order valence-electron chi connectivity index (χ2n) is 5.57. The molecule has 0 aromatic heterocycles. The summed E-state index contributed by atoms with van der Waals surface area (Å²) < 4.78 is 32.4. The van der Waals surface area contributed by atoms with Gasteiger partial charge in [0.2, 0.25) is 0 Å². The minimum absolute atomic E-state index is 0. The number of halogens is 3. The van der Waals surface area contributed by atoms with Crippen molar-refractivity contribution in [3.8, 4) is 0 Å². The van der Waals surface area contributed by atoms with Crippen molar-refractivity contribution < 1.29 is 18.3 Å². The zero-order chi connectivity index (χ0) is 16.3. The fraction of sp³-hybridized carbons (Fsp3) is 0.533. The normalized spacial score (nSPS) is 13.2. The highest BCUT2D eigenvalue weighted by Gasteiger charge is 2.48. The van der Waals surface area contributed by atoms with Gasteiger partial charge in [-0.1, -0.05) is 39.0 Å². The molecule has 0 unspecified atom stereocenters. The third kappa shape index (κ3) is 5.41. The molecule has 0 saturated heterocycles. The Morgan fingerprint density at radius 2 is 1.86 bits per heavy atom. The molecule has 0 amide bonds. The Morgan fingerprint density at radius 1 is 1.32 bits per heavy atom. The van der Waals surface area contributed by atoms with Gasteiger partial charge in [0.1, 0.15) is 6.04 Å². The van der Waals surface area contributed by atoms with Crippen molar-refractivity contribution in [2.24, 2.45) is 5.73 Å². The van der Waals surface area contributed by atoms with Gasteiger partial charge in [-0.2, -0.15) is 8.78 Å². The van der Waals surface area contributed by atoms with E-state index in [1.165, 1.54) is 24.8 Å². The van der Waals surface area contributed by atoms with Crippen LogP contribution < -0.4 is 5.73 Å². The number of carbonyl (C=O) groups is 1. The molecule has 1 rings (SSSR count). The average Bonchev–Trinajstić information content (AvgIpc) is 2.37. The van der Waals surface area contributed by atoms with Gasteiger partial charge in [-0.15, -0.1) is 24.2 Å². The molecular formula is C15H22ClF2NO2S. The number of hydrogen-bond acceptors (Lipinski definition) is 4. The summed E-state index contributed by atoms with van der Waals surface area (Å²) in [4.78, 5) is 12.1. The smallest absolute Gasteiger partial charge is 0.379 e. The molecule has 0 aliphatic rings. The molecule has 126 valence electrons. The van der Waals surface area contributed by atoms with E-state index < -0.39 is 17.9 Å². The molecule has 2 N–H and O–H groups in total. The molecule has 0 heterocycles. The summed E-state index contributed by atoms with van der Waals surface area (Å²) in [7, 11) is 0. The first-order valence-corrected chi connectivity index (χ1v) is 7.49. The predicted molar refractivity (Wildman–Crippen MR) is 87.8 cm³/mol. The zero-order valence-electron chi connectivity index (χ0n) is 13.1. The van der Waals surface area contributed by atoms with E-state index in [1.807, 2.05) is 20.8 Å². The molecule has 1 aromatic rings. The van der Waals surface area contributed by atoms with Crippen LogP contribution in [0.25, 0.3) is 0 Å². The summed E-state index contributed by atoms with van der Waals surface area (Å²) in [6.45, 7) is 7.29. The Kier molecular flexibility index (Phi) is 7.81. The van der Waals surface area contributed by atoms with Crippen molar-refractivity contribution in [1.82, 2.24) is 0 Å². The Morgan fingerprint density at radius 3 is 2.36 bits per heavy atom. The number of carbonyl (C=O) groups excluding carboxylic acids is 1. The Hall–Kier alpha value is -0.850. The minimum atomic E-state index is -3.76. The fourth-order valence-electron chi connectivity index (χ4n) is 1.71. The number of hydrogen-bond donors (Lipinski definition) is 1. The highest BCUT2D eigenvalue weighted by atomic mass is 35.5. The Balaban J connectivity index is 0.00000441. The summed E-state index contributed by atoms with van der Waals surface area (Å²) in [5.41, 5.74) is 5.91. The molecule has 0 aliphatic heterocycles. The monoisotopic (exact) mass is 353 g/mol. The van der Waals surface area contributed by atoms with Crippen molar-refractivity contribution in [3.05, 3.63) is 29.8 Å². The van der Waals surface area contributed by atoms with Crippen LogP contribution >= 0.6 is 24.2 Å². The SMILES string of the molecule is CCOC(=O)C(F)(F)[C@@H](N)c1ccccc1SC(C)(C)C.Cl. The van der Waals surface area contributed by atoms with Crippen LogP contribution in [0.4, 0.5) is 8.78 Å². The highest BCUT2D eigenvalue weighted by molar-refractivity contribution is 8.00. The molecule has 1 aromatic carbocycles. The number of rotatable bonds is 5. The van der Waals surface area contributed by atoms with Gasteiger partial charge in [-0.25, -0.2) is 4.79 Å². The van der Waals surface area contributed by atoms with Gasteiger partial charge in [0.15, 0.2) is 0 Å². The number of thioether (sulfide) groups is 1. The Labute approximate surface area is 140 Å². The summed E-state index contributed by atoms with van der Waals surface area (Å²) in [6, 6.07) is 4.90. The molecule has 0 bridgehead atoms. The topological polar surface area (TPSA) is 52.3 Å². The maximum atomic E-state index is 14.1. The number of esters is 1. The number of ether oxygens (including phenoxy) is 1. The quantitative estimate of drug-likeness (QED) is 0.636. The number of alkyl halides is 2. The van der Waals surface area contributed by atoms with Gasteiger partial charge in [-0.05, 0) is 18.6 Å². The second kappa shape index (κ2) is 8.13. The lowest BCUT2D eigenvalue weighted by molar-refractivity contribution is -0.174. The summed E-state index contributed by atoms with van der Waals surface area (Å²) in [5.74, 6) is -5.35. The lowest BCUT2D eigenvalue weighted by atomic mass is 10.0. The van der Waals surface area contributed by atoms with Gasteiger partial charge < -0.3 is 10.5 Å². The second-order valence-corrected chi connectivity index (χ2v) is 7.44. The Bertz CT molecular complexity index is 507. The molecular weight excluding hydrogens is 332 g/mol. The predicted octanol–water partition coefficient (Wildman–Crippen LogP) is 4.20. The first-order valence-electron chi connectivity index (χ1n) is 6.68. The van der Waals surface area contributed by atoms with Gasteiger partial charge in [0, 0.05) is 9.64 Å². The fourth-order valence-corrected chi connectivity index (χ4v) is 2.83. The first-order chi connectivity index (χ1) is 9.59. The van der Waals surface area contributed by atoms with E-state index in [1.54, 1.807) is 18.2 Å². The number of benzene rings is 1. The van der Waals surface area contributed by atoms with Crippen LogP contribution in [0.15, 0.2) is 29.2 Å². The van der Waals surface area contributed by atoms with Gasteiger partial charge in [-0.3, -0.25) is 0 Å². The van der Waals surface area contributed by atoms with E-state index in [-0.39, 0.29) is 29.3 Å². The van der Waals surface area contributed by atoms with Crippen LogP contribution in [0.2, 0.25) is 0 Å². The molecule has 0 aliphatic carbocycles. The lowest BCUT2D eigenvalue weighted by Gasteiger charge is -2.26. The van der Waals surface area contributed by atoms with Crippen molar-refractivity contribution in [3.63, 3.8) is 0 Å². The third-order valence-corrected chi connectivity index (χ3v) is 3.81. The van der Waals surface area contributed by atoms with Crippen LogP contribution in [0.1, 0.15) is 39.3 Å². The van der Waals surface area contributed by atoms with E-state index >= 15 is 0 Å². The first kappa shape index (κ1) is 21.1. The van der Waals surface area contributed by atoms with Crippen LogP contribution in [0, 0.1) is 0 Å². The van der Waals surface area contributed by atoms with E-state index in [2.05, 4.69) is 4.74 Å². The van der Waals surface area contributed by atoms with Crippen molar-refractivity contribution in [1.29, 1.82) is 0 Å². The lowest BCUT2D eigenvalue weighted by Crippen LogP contribution is -2.42. The van der Waals surface area contributed by atoms with E-state index in [9.17, 15) is 13.6 Å². The standard InChI is InChI=1S/C15H21F2NO2S.ClH/c1-5-20-13(19)15(16,17)12(18)10-8-6-7-9-11(10)21-14(2,3)4;/h6-9,12H,5,18H2,1-4H3;1H/t12-;/m0./s1. The highest BCUT2D eigenvalue weighted by Crippen LogP contribution is 2.40. The molecule has 0 radical (unpaired) electrons. The van der Waals surface area contributed by atoms with Crippen molar-refractivity contribution in [2.45, 2.75) is 49.3 Å². The minimum Gasteiger partial charge on any atom is -0.462 e. The average molecular weight is 354 g/mol. The van der Waals surface area contributed by atoms with E-state index in [0.717, 1.165) is 0 Å². The maximum absolute atomic E-state index is 14.1. The largest absolute Gasteiger partial charge is 0.462 e. The van der Waals surface area contributed by atoms with Crippen LogP contribution in [-0.4, -0.2) is 23.2 Å². The summed E-state index contributed by atoms with van der Waals surface area (Å²) in [6.07, 6.45) is 0. The van der Waals surface area contributed by atoms with Crippen molar-refractivity contribution >= 4 is 30.1 Å². The maximum Gasteiger partial charge on any atom is 0.379 e. The summed E-state index contributed by atoms with van der Waals surface area (Å²) in [5, 5.41) is 0. The van der Waals surface area contributed by atoms with Gasteiger partial charge in [0.05, 0.1) is 6.61 Å². The molecule has 1 atom stereocenters. The van der Waals surface area contributed by atoms with Gasteiger partial charge in [0.25, 0.3) is 0 Å².